The molecule has 0 atom stereocenters. The molecule has 0 unspecified atom stereocenters. The first-order valence-corrected chi connectivity index (χ1v) is 10.5. The van der Waals surface area contributed by atoms with Gasteiger partial charge < -0.3 is 9.84 Å². The second kappa shape index (κ2) is 8.31. The number of rotatable bonds is 8. The van der Waals surface area contributed by atoms with Crippen LogP contribution in [0.4, 0.5) is 5.69 Å². The van der Waals surface area contributed by atoms with Crippen LogP contribution in [0.3, 0.4) is 0 Å². The van der Waals surface area contributed by atoms with Gasteiger partial charge in [-0.05, 0) is 49.1 Å². The van der Waals surface area contributed by atoms with E-state index in [-0.39, 0.29) is 10.1 Å². The van der Waals surface area contributed by atoms with Crippen molar-refractivity contribution in [2.75, 3.05) is 11.3 Å². The summed E-state index contributed by atoms with van der Waals surface area (Å²) in [5.41, 5.74) is 0.842. The third kappa shape index (κ3) is 5.14. The van der Waals surface area contributed by atoms with Crippen molar-refractivity contribution in [2.45, 2.75) is 24.0 Å². The van der Waals surface area contributed by atoms with Gasteiger partial charge in [0.15, 0.2) is 5.82 Å². The zero-order valence-corrected chi connectivity index (χ0v) is 16.1. The van der Waals surface area contributed by atoms with E-state index in [1.807, 2.05) is 0 Å². The van der Waals surface area contributed by atoms with Crippen molar-refractivity contribution in [3.05, 3.63) is 59.1 Å². The molecule has 8 nitrogen and oxygen atoms in total. The fraction of sp³-hybridized carbons (Fsp3) is 0.235. The van der Waals surface area contributed by atoms with E-state index in [4.69, 9.17) is 4.52 Å². The number of amides is 1. The van der Waals surface area contributed by atoms with Gasteiger partial charge in [-0.2, -0.15) is 4.98 Å². The highest BCUT2D eigenvalue weighted by atomic mass is 32.2. The molecule has 0 fully saturated rings. The summed E-state index contributed by atoms with van der Waals surface area (Å²) >= 11 is 1.14. The van der Waals surface area contributed by atoms with Crippen LogP contribution in [-0.2, 0) is 16.4 Å². The van der Waals surface area contributed by atoms with Crippen molar-refractivity contribution in [3.8, 4) is 0 Å². The minimum atomic E-state index is -3.60. The van der Waals surface area contributed by atoms with Gasteiger partial charge in [0.1, 0.15) is 4.21 Å². The number of nitrogens with one attached hydrogen (secondary N) is 2. The highest BCUT2D eigenvalue weighted by molar-refractivity contribution is 7.94. The van der Waals surface area contributed by atoms with Gasteiger partial charge in [0.25, 0.3) is 15.9 Å². The van der Waals surface area contributed by atoms with Gasteiger partial charge in [-0.15, -0.1) is 11.3 Å². The number of anilines is 1. The smallest absolute Gasteiger partial charge is 0.271 e. The predicted molar refractivity (Wildman–Crippen MR) is 101 cm³/mol. The van der Waals surface area contributed by atoms with Crippen LogP contribution in [0.25, 0.3) is 0 Å². The highest BCUT2D eigenvalue weighted by Gasteiger charge is 2.15. The summed E-state index contributed by atoms with van der Waals surface area (Å²) in [5.74, 6) is 0.900. The van der Waals surface area contributed by atoms with E-state index in [9.17, 15) is 13.2 Å². The molecule has 0 saturated heterocycles. The molecule has 3 rings (SSSR count). The van der Waals surface area contributed by atoms with E-state index < -0.39 is 10.0 Å². The van der Waals surface area contributed by atoms with Gasteiger partial charge in [0.05, 0.1) is 0 Å². The van der Waals surface area contributed by atoms with Crippen molar-refractivity contribution in [2.24, 2.45) is 0 Å². The number of nitrogens with zero attached hydrogens (tertiary/aromatic N) is 2. The minimum absolute atomic E-state index is 0.232. The summed E-state index contributed by atoms with van der Waals surface area (Å²) in [6.45, 7) is 2.21. The van der Waals surface area contributed by atoms with Gasteiger partial charge in [-0.25, -0.2) is 8.42 Å². The molecule has 0 aliphatic rings. The summed E-state index contributed by atoms with van der Waals surface area (Å²) < 4.78 is 32.1. The maximum absolute atomic E-state index is 12.2. The molecule has 142 valence electrons. The quantitative estimate of drug-likeness (QED) is 0.556. The van der Waals surface area contributed by atoms with Crippen molar-refractivity contribution < 1.29 is 17.7 Å². The summed E-state index contributed by atoms with van der Waals surface area (Å²) in [4.78, 5) is 16.2. The zero-order chi connectivity index (χ0) is 19.3. The molecule has 1 amide bonds. The van der Waals surface area contributed by atoms with Crippen molar-refractivity contribution in [1.82, 2.24) is 15.5 Å². The molecule has 0 radical (unpaired) electrons. The molecule has 0 aliphatic carbocycles. The lowest BCUT2D eigenvalue weighted by atomic mass is 10.2. The van der Waals surface area contributed by atoms with Crippen LogP contribution in [0.2, 0.25) is 0 Å². The van der Waals surface area contributed by atoms with Crippen LogP contribution in [-0.4, -0.2) is 31.0 Å². The normalized spacial score (nSPS) is 11.3. The Morgan fingerprint density at radius 3 is 2.63 bits per heavy atom. The van der Waals surface area contributed by atoms with Crippen LogP contribution < -0.4 is 10.0 Å². The summed E-state index contributed by atoms with van der Waals surface area (Å²) in [7, 11) is -3.60. The number of hydrogen-bond acceptors (Lipinski definition) is 7. The lowest BCUT2D eigenvalue weighted by Crippen LogP contribution is -2.24. The average Bonchev–Trinajstić information content (AvgIpc) is 3.31. The topological polar surface area (TPSA) is 114 Å². The maximum atomic E-state index is 12.2. The van der Waals surface area contributed by atoms with Crippen molar-refractivity contribution in [3.63, 3.8) is 0 Å². The fourth-order valence-corrected chi connectivity index (χ4v) is 4.35. The number of carbonyl (C=O) groups excluding carboxylic acids is 1. The first-order valence-electron chi connectivity index (χ1n) is 8.18. The molecule has 0 aliphatic heterocycles. The van der Waals surface area contributed by atoms with Crippen LogP contribution in [0.1, 0.15) is 28.5 Å². The number of carbonyl (C=O) groups is 1. The number of sulfonamides is 1. The first kappa shape index (κ1) is 19.1. The molecular weight excluding hydrogens is 388 g/mol. The first-order chi connectivity index (χ1) is 12.9. The van der Waals surface area contributed by atoms with Gasteiger partial charge >= 0.3 is 0 Å². The molecule has 1 aromatic carbocycles. The number of thiophene rings is 1. The van der Waals surface area contributed by atoms with E-state index in [0.29, 0.717) is 42.4 Å². The van der Waals surface area contributed by atoms with Crippen LogP contribution in [0, 0.1) is 6.92 Å². The molecule has 0 bridgehead atoms. The molecule has 3 aromatic rings. The van der Waals surface area contributed by atoms with E-state index in [2.05, 4.69) is 20.2 Å². The van der Waals surface area contributed by atoms with E-state index in [1.54, 1.807) is 42.6 Å². The van der Waals surface area contributed by atoms with E-state index >= 15 is 0 Å². The van der Waals surface area contributed by atoms with Crippen LogP contribution >= 0.6 is 11.3 Å². The van der Waals surface area contributed by atoms with Crippen LogP contribution in [0.5, 0.6) is 0 Å². The third-order valence-corrected chi connectivity index (χ3v) is 6.36. The Balaban J connectivity index is 1.50. The Kier molecular flexibility index (Phi) is 5.87. The Bertz CT molecular complexity index is 996. The fourth-order valence-electron chi connectivity index (χ4n) is 2.30. The van der Waals surface area contributed by atoms with E-state index in [1.165, 1.54) is 6.07 Å². The summed E-state index contributed by atoms with van der Waals surface area (Å²) in [6.07, 6.45) is 1.26. The molecule has 2 N–H and O–H groups in total. The molecular formula is C17H18N4O4S2. The number of aromatic nitrogens is 2. The molecule has 27 heavy (non-hydrogen) atoms. The predicted octanol–water partition coefficient (Wildman–Crippen LogP) is 2.60. The van der Waals surface area contributed by atoms with Gasteiger partial charge in [0.2, 0.25) is 5.89 Å². The van der Waals surface area contributed by atoms with Gasteiger partial charge in [-0.3, -0.25) is 9.52 Å². The Labute approximate surface area is 160 Å². The standard InChI is InChI=1S/C17H18N4O4S2/c1-12-19-15(25-20-12)4-2-10-18-17(22)13-6-8-14(9-7-13)21-27(23,24)16-5-3-11-26-16/h3,5-9,11,21H,2,4,10H2,1H3,(H,18,22). The average molecular weight is 406 g/mol. The summed E-state index contributed by atoms with van der Waals surface area (Å²) in [6, 6.07) is 9.46. The van der Waals surface area contributed by atoms with Crippen molar-refractivity contribution >= 4 is 33.0 Å². The number of hydrogen-bond donors (Lipinski definition) is 2. The van der Waals surface area contributed by atoms with Gasteiger partial charge in [-0.1, -0.05) is 11.2 Å². The number of aryl methyl sites for hydroxylation is 2. The lowest BCUT2D eigenvalue weighted by Gasteiger charge is -2.08. The highest BCUT2D eigenvalue weighted by Crippen LogP contribution is 2.20. The second-order valence-electron chi connectivity index (χ2n) is 5.71. The van der Waals surface area contributed by atoms with Crippen LogP contribution in [0.15, 0.2) is 50.5 Å². The summed E-state index contributed by atoms with van der Waals surface area (Å²) in [5, 5.41) is 8.20. The van der Waals surface area contributed by atoms with Gasteiger partial charge in [0, 0.05) is 24.2 Å². The minimum Gasteiger partial charge on any atom is -0.352 e. The molecule has 2 aromatic heterocycles. The Morgan fingerprint density at radius 2 is 2.00 bits per heavy atom. The second-order valence-corrected chi connectivity index (χ2v) is 8.57. The largest absolute Gasteiger partial charge is 0.352 e. The third-order valence-electron chi connectivity index (χ3n) is 3.58. The molecule has 10 heteroatoms. The zero-order valence-electron chi connectivity index (χ0n) is 14.5. The Morgan fingerprint density at radius 1 is 1.22 bits per heavy atom. The molecule has 0 spiro atoms. The number of benzene rings is 1. The monoisotopic (exact) mass is 406 g/mol. The SMILES string of the molecule is Cc1noc(CCCNC(=O)c2ccc(NS(=O)(=O)c3cccs3)cc2)n1. The lowest BCUT2D eigenvalue weighted by molar-refractivity contribution is 0.0953. The maximum Gasteiger partial charge on any atom is 0.271 e. The molecule has 0 saturated carbocycles. The molecule has 2 heterocycles. The van der Waals surface area contributed by atoms with Crippen molar-refractivity contribution in [1.29, 1.82) is 0 Å². The van der Waals surface area contributed by atoms with E-state index in [0.717, 1.165) is 11.3 Å². The Hall–Kier alpha value is -2.72.